The molecule has 2 saturated carbocycles. The van der Waals surface area contributed by atoms with Crippen LogP contribution < -0.4 is 10.6 Å². The first-order valence-electron chi connectivity index (χ1n) is 22.7. The summed E-state index contributed by atoms with van der Waals surface area (Å²) in [6.07, 6.45) is 19.1. The van der Waals surface area contributed by atoms with Gasteiger partial charge in [0.05, 0.1) is 25.9 Å². The summed E-state index contributed by atoms with van der Waals surface area (Å²) < 4.78 is 16.4. The van der Waals surface area contributed by atoms with Crippen LogP contribution in [0.15, 0.2) is 69.7 Å². The number of nitrogens with one attached hydrogen (secondary N) is 2. The average molecular weight is 855 g/mol. The van der Waals surface area contributed by atoms with Crippen LogP contribution in [0.3, 0.4) is 0 Å². The fraction of sp³-hybridized carbons (Fsp3) is 0.583. The molecule has 2 aliphatic carbocycles. The molecule has 2 heterocycles. The number of rotatable bonds is 20. The zero-order valence-electron chi connectivity index (χ0n) is 36.8. The van der Waals surface area contributed by atoms with E-state index in [4.69, 9.17) is 13.8 Å². The van der Waals surface area contributed by atoms with Crippen LogP contribution in [-0.2, 0) is 27.4 Å². The van der Waals surface area contributed by atoms with E-state index in [-0.39, 0.29) is 55.6 Å². The summed E-state index contributed by atoms with van der Waals surface area (Å²) in [7, 11) is 0. The second-order valence-electron chi connectivity index (χ2n) is 17.8. The highest BCUT2D eigenvalue weighted by molar-refractivity contribution is 5.94. The maximum Gasteiger partial charge on any atom is 0.307 e. The number of carboxylic acids is 1. The van der Waals surface area contributed by atoms with Gasteiger partial charge in [-0.3, -0.25) is 19.2 Å². The summed E-state index contributed by atoms with van der Waals surface area (Å²) in [5.41, 5.74) is 0.597. The summed E-state index contributed by atoms with van der Waals surface area (Å²) in [6.45, 7) is 5.90. The molecule has 3 N–H and O–H groups in total. The van der Waals surface area contributed by atoms with Crippen molar-refractivity contribution >= 4 is 23.8 Å². The van der Waals surface area contributed by atoms with Crippen LogP contribution in [0.5, 0.6) is 0 Å². The van der Waals surface area contributed by atoms with Gasteiger partial charge in [0.2, 0.25) is 11.8 Å². The van der Waals surface area contributed by atoms with Crippen LogP contribution in [-0.4, -0.2) is 54.7 Å². The zero-order chi connectivity index (χ0) is 44.2. The lowest BCUT2D eigenvalue weighted by molar-refractivity contribution is -0.155. The average Bonchev–Trinajstić information content (AvgIpc) is 3.95. The van der Waals surface area contributed by atoms with Gasteiger partial charge in [-0.25, -0.2) is 0 Å². The number of amides is 2. The standard InChI is InChI=1S/C26H37N3O4.C22H29N3O4/c1-26(2,3)32-23(30)17-21(16-10-13-19-11-6-4-7-12-19)25-28-22(29-33-25)18-27-24(31)20-14-8-5-9-15-20;26-20(27)14-18(13-7-10-16-8-3-1-4-9-16)22-24-19(25-29-22)15-23-21(28)17-11-5-2-6-12-17/h5,8-9,14-15,19,21H,4,6-7,10-13,16-18H2,1-3H3,(H,27,31);2,5-6,11-12,16,18H,1,3-4,7-10,13-15H2,(H,23,28)(H,26,27)/t21-;18-/m11/s1. The molecule has 62 heavy (non-hydrogen) atoms. The van der Waals surface area contributed by atoms with Gasteiger partial charge < -0.3 is 29.5 Å². The van der Waals surface area contributed by atoms with Crippen LogP contribution in [0.4, 0.5) is 0 Å². The molecule has 2 amide bonds. The monoisotopic (exact) mass is 854 g/mol. The minimum absolute atomic E-state index is 0.0251. The largest absolute Gasteiger partial charge is 0.481 e. The second kappa shape index (κ2) is 24.9. The number of esters is 1. The van der Waals surface area contributed by atoms with Gasteiger partial charge in [-0.15, -0.1) is 0 Å². The quantitative estimate of drug-likeness (QED) is 0.0712. The Kier molecular flexibility index (Phi) is 19.1. The molecule has 0 aliphatic heterocycles. The Labute approximate surface area is 365 Å². The predicted molar refractivity (Wildman–Crippen MR) is 233 cm³/mol. The lowest BCUT2D eigenvalue weighted by Gasteiger charge is -2.23. The van der Waals surface area contributed by atoms with E-state index in [1.54, 1.807) is 36.4 Å². The molecule has 0 unspecified atom stereocenters. The summed E-state index contributed by atoms with van der Waals surface area (Å²) >= 11 is 0. The summed E-state index contributed by atoms with van der Waals surface area (Å²) in [5.74, 6) is 1.07. The van der Waals surface area contributed by atoms with Gasteiger partial charge in [0, 0.05) is 23.0 Å². The van der Waals surface area contributed by atoms with E-state index >= 15 is 0 Å². The Morgan fingerprint density at radius 1 is 0.661 bits per heavy atom. The summed E-state index contributed by atoms with van der Waals surface area (Å²) in [6, 6.07) is 17.9. The molecule has 2 fully saturated rings. The van der Waals surface area contributed by atoms with Gasteiger partial charge in [-0.05, 0) is 69.7 Å². The van der Waals surface area contributed by atoms with Gasteiger partial charge in [-0.2, -0.15) is 9.97 Å². The van der Waals surface area contributed by atoms with Crippen LogP contribution in [0, 0.1) is 11.8 Å². The summed E-state index contributed by atoms with van der Waals surface area (Å²) in [4.78, 5) is 57.0. The molecule has 2 atom stereocenters. The number of carbonyl (C=O) groups excluding carboxylic acids is 3. The van der Waals surface area contributed by atoms with E-state index < -0.39 is 11.6 Å². The lowest BCUT2D eigenvalue weighted by Crippen LogP contribution is -2.25. The van der Waals surface area contributed by atoms with Gasteiger partial charge in [0.15, 0.2) is 11.6 Å². The number of aliphatic carboxylic acids is 1. The van der Waals surface area contributed by atoms with Gasteiger partial charge in [0.25, 0.3) is 11.8 Å². The zero-order valence-corrected chi connectivity index (χ0v) is 36.8. The van der Waals surface area contributed by atoms with Crippen molar-refractivity contribution in [2.45, 2.75) is 167 Å². The fourth-order valence-electron chi connectivity index (χ4n) is 8.39. The molecule has 2 aliphatic rings. The van der Waals surface area contributed by atoms with Crippen LogP contribution in [0.25, 0.3) is 0 Å². The van der Waals surface area contributed by atoms with E-state index in [0.717, 1.165) is 43.9 Å². The third kappa shape index (κ3) is 17.2. The van der Waals surface area contributed by atoms with Gasteiger partial charge in [-0.1, -0.05) is 137 Å². The van der Waals surface area contributed by atoms with E-state index in [9.17, 15) is 24.3 Å². The number of ether oxygens (including phenoxy) is 1. The Morgan fingerprint density at radius 2 is 1.08 bits per heavy atom. The third-order valence-electron chi connectivity index (χ3n) is 11.6. The van der Waals surface area contributed by atoms with Crippen molar-refractivity contribution < 1.29 is 38.1 Å². The molecule has 14 nitrogen and oxygen atoms in total. The predicted octanol–water partition coefficient (Wildman–Crippen LogP) is 9.87. The van der Waals surface area contributed by atoms with E-state index in [1.165, 1.54) is 70.6 Å². The topological polar surface area (TPSA) is 200 Å². The van der Waals surface area contributed by atoms with Gasteiger partial charge in [0.1, 0.15) is 5.60 Å². The summed E-state index contributed by atoms with van der Waals surface area (Å²) in [5, 5.41) is 22.8. The number of benzene rings is 2. The SMILES string of the molecule is CC(C)(C)OC(=O)C[C@@H](CCCC1CCCCC1)c1nc(CNC(=O)c2ccccc2)no1.O=C(O)C[C@@H](CCCC1CCCCC1)c1nc(CNC(=O)c2ccccc2)no1. The Morgan fingerprint density at radius 3 is 1.48 bits per heavy atom. The lowest BCUT2D eigenvalue weighted by atomic mass is 9.84. The molecule has 0 saturated heterocycles. The van der Waals surface area contributed by atoms with Crippen molar-refractivity contribution in [3.63, 3.8) is 0 Å². The maximum atomic E-state index is 12.5. The molecule has 0 bridgehead atoms. The van der Waals surface area contributed by atoms with Crippen molar-refractivity contribution in [2.24, 2.45) is 11.8 Å². The fourth-order valence-corrected chi connectivity index (χ4v) is 8.39. The highest BCUT2D eigenvalue weighted by Gasteiger charge is 2.27. The molecular formula is C48H66N6O8. The number of aromatic nitrogens is 4. The molecule has 2 aromatic carbocycles. The van der Waals surface area contributed by atoms with Crippen LogP contribution >= 0.6 is 0 Å². The van der Waals surface area contributed by atoms with E-state index in [2.05, 4.69) is 30.9 Å². The highest BCUT2D eigenvalue weighted by atomic mass is 16.6. The first-order valence-corrected chi connectivity index (χ1v) is 22.7. The number of carboxylic acid groups (broad SMARTS) is 1. The first kappa shape index (κ1) is 47.6. The maximum absolute atomic E-state index is 12.5. The highest BCUT2D eigenvalue weighted by Crippen LogP contribution is 2.33. The molecule has 6 rings (SSSR count). The molecule has 0 spiro atoms. The van der Waals surface area contributed by atoms with E-state index in [1.807, 2.05) is 45.0 Å². The van der Waals surface area contributed by atoms with Crippen LogP contribution in [0.1, 0.15) is 192 Å². The number of carbonyl (C=O) groups is 4. The first-order chi connectivity index (χ1) is 29.9. The van der Waals surface area contributed by atoms with E-state index in [0.29, 0.717) is 34.6 Å². The molecule has 336 valence electrons. The molecule has 0 radical (unpaired) electrons. The Balaban J connectivity index is 0.000000236. The van der Waals surface area contributed by atoms with Crippen LogP contribution in [0.2, 0.25) is 0 Å². The van der Waals surface area contributed by atoms with Crippen molar-refractivity contribution in [2.75, 3.05) is 0 Å². The normalized spacial score (nSPS) is 15.7. The number of nitrogens with zero attached hydrogens (tertiary/aromatic N) is 4. The molecular weight excluding hydrogens is 789 g/mol. The van der Waals surface area contributed by atoms with Gasteiger partial charge >= 0.3 is 11.9 Å². The number of hydrogen-bond acceptors (Lipinski definition) is 11. The molecule has 14 heteroatoms. The minimum Gasteiger partial charge on any atom is -0.481 e. The Bertz CT molecular complexity index is 1950. The Hall–Kier alpha value is -5.40. The van der Waals surface area contributed by atoms with Crippen molar-refractivity contribution in [3.05, 3.63) is 95.2 Å². The minimum atomic E-state index is -0.871. The molecule has 4 aromatic rings. The molecule has 2 aromatic heterocycles. The smallest absolute Gasteiger partial charge is 0.307 e. The number of hydrogen-bond donors (Lipinski definition) is 3. The third-order valence-corrected chi connectivity index (χ3v) is 11.6. The second-order valence-corrected chi connectivity index (χ2v) is 17.8. The van der Waals surface area contributed by atoms with Crippen molar-refractivity contribution in [1.29, 1.82) is 0 Å². The van der Waals surface area contributed by atoms with Crippen molar-refractivity contribution in [3.8, 4) is 0 Å². The van der Waals surface area contributed by atoms with Crippen molar-refractivity contribution in [1.82, 2.24) is 30.9 Å².